The molecule has 1 fully saturated rings. The summed E-state index contributed by atoms with van der Waals surface area (Å²) in [5.74, 6) is 0.116. The summed E-state index contributed by atoms with van der Waals surface area (Å²) in [6.45, 7) is 1.40. The molecule has 0 bridgehead atoms. The maximum Gasteiger partial charge on any atom is 0.243 e. The standard InChI is InChI=1S/C17H18ClFN2O3S/c1-24-17-7-6-13(12-14(17)18)25(22,23)21-10-8-20(9-11-21)16-5-3-2-4-15(16)19/h2-7,12H,8-11H2,1H3. The maximum atomic E-state index is 13.9. The van der Waals surface area contributed by atoms with Crippen LogP contribution in [0.25, 0.3) is 0 Å². The fourth-order valence-electron chi connectivity index (χ4n) is 2.83. The Labute approximate surface area is 151 Å². The third kappa shape index (κ3) is 3.58. The zero-order valence-corrected chi connectivity index (χ0v) is 15.2. The Bertz CT molecular complexity index is 868. The summed E-state index contributed by atoms with van der Waals surface area (Å²) >= 11 is 6.04. The molecule has 1 aliphatic rings. The van der Waals surface area contributed by atoms with Crippen molar-refractivity contribution in [2.45, 2.75) is 4.90 Å². The van der Waals surface area contributed by atoms with Gasteiger partial charge in [-0.3, -0.25) is 0 Å². The van der Waals surface area contributed by atoms with Crippen molar-refractivity contribution in [3.63, 3.8) is 0 Å². The first-order chi connectivity index (χ1) is 11.9. The van der Waals surface area contributed by atoms with E-state index in [4.69, 9.17) is 16.3 Å². The summed E-state index contributed by atoms with van der Waals surface area (Å²) in [6, 6.07) is 10.9. The van der Waals surface area contributed by atoms with Gasteiger partial charge in [0.2, 0.25) is 10.0 Å². The topological polar surface area (TPSA) is 49.9 Å². The molecule has 2 aromatic carbocycles. The van der Waals surface area contributed by atoms with Crippen molar-refractivity contribution < 1.29 is 17.5 Å². The fraction of sp³-hybridized carbons (Fsp3) is 0.294. The number of sulfonamides is 1. The number of anilines is 1. The summed E-state index contributed by atoms with van der Waals surface area (Å²) in [5, 5.41) is 0.244. The third-order valence-corrected chi connectivity index (χ3v) is 6.38. The molecule has 0 saturated carbocycles. The molecule has 0 aromatic heterocycles. The fourth-order valence-corrected chi connectivity index (χ4v) is 4.61. The summed E-state index contributed by atoms with van der Waals surface area (Å²) in [5.41, 5.74) is 0.493. The highest BCUT2D eigenvalue weighted by Crippen LogP contribution is 2.29. The Balaban J connectivity index is 1.76. The van der Waals surface area contributed by atoms with E-state index >= 15 is 0 Å². The summed E-state index contributed by atoms with van der Waals surface area (Å²) in [7, 11) is -2.18. The van der Waals surface area contributed by atoms with Crippen molar-refractivity contribution in [3.8, 4) is 5.75 Å². The molecule has 0 unspecified atom stereocenters. The minimum Gasteiger partial charge on any atom is -0.495 e. The lowest BCUT2D eigenvalue weighted by atomic mass is 10.2. The Morgan fingerprint density at radius 3 is 2.36 bits per heavy atom. The minimum absolute atomic E-state index is 0.123. The molecule has 0 aliphatic carbocycles. The molecule has 3 rings (SSSR count). The van der Waals surface area contributed by atoms with Crippen molar-refractivity contribution >= 4 is 27.3 Å². The number of halogens is 2. The molecule has 5 nitrogen and oxygen atoms in total. The molecule has 1 heterocycles. The smallest absolute Gasteiger partial charge is 0.243 e. The molecule has 1 aliphatic heterocycles. The number of hydrogen-bond donors (Lipinski definition) is 0. The van der Waals surface area contributed by atoms with Crippen LogP contribution >= 0.6 is 11.6 Å². The van der Waals surface area contributed by atoms with Crippen LogP contribution in [0.5, 0.6) is 5.75 Å². The van der Waals surface area contributed by atoms with E-state index in [1.807, 2.05) is 4.90 Å². The van der Waals surface area contributed by atoms with Gasteiger partial charge in [-0.15, -0.1) is 0 Å². The van der Waals surface area contributed by atoms with Crippen LogP contribution in [-0.4, -0.2) is 46.0 Å². The van der Waals surface area contributed by atoms with E-state index in [9.17, 15) is 12.8 Å². The molecule has 0 atom stereocenters. The molecule has 0 spiro atoms. The van der Waals surface area contributed by atoms with E-state index in [2.05, 4.69) is 0 Å². The van der Waals surface area contributed by atoms with E-state index in [-0.39, 0.29) is 28.8 Å². The van der Waals surface area contributed by atoms with E-state index in [0.29, 0.717) is 24.5 Å². The lowest BCUT2D eigenvalue weighted by molar-refractivity contribution is 0.383. The van der Waals surface area contributed by atoms with Crippen molar-refractivity contribution in [2.75, 3.05) is 38.2 Å². The molecule has 0 radical (unpaired) electrons. The highest BCUT2D eigenvalue weighted by Gasteiger charge is 2.29. The number of ether oxygens (including phenoxy) is 1. The van der Waals surface area contributed by atoms with Gasteiger partial charge in [0.15, 0.2) is 0 Å². The molecule has 2 aromatic rings. The third-order valence-electron chi connectivity index (χ3n) is 4.19. The number of para-hydroxylation sites is 1. The second-order valence-electron chi connectivity index (χ2n) is 5.64. The highest BCUT2D eigenvalue weighted by molar-refractivity contribution is 7.89. The largest absolute Gasteiger partial charge is 0.495 e. The Morgan fingerprint density at radius 2 is 1.76 bits per heavy atom. The molecule has 0 amide bonds. The van der Waals surface area contributed by atoms with Crippen LogP contribution in [0.2, 0.25) is 5.02 Å². The van der Waals surface area contributed by atoms with E-state index < -0.39 is 10.0 Å². The second kappa shape index (κ2) is 7.19. The van der Waals surface area contributed by atoms with Gasteiger partial charge in [-0.05, 0) is 30.3 Å². The summed E-state index contributed by atoms with van der Waals surface area (Å²) < 4.78 is 45.9. The Hall–Kier alpha value is -1.83. The molecular weight excluding hydrogens is 367 g/mol. The first kappa shape index (κ1) is 18.0. The van der Waals surface area contributed by atoms with Crippen LogP contribution in [0.3, 0.4) is 0 Å². The van der Waals surface area contributed by atoms with Gasteiger partial charge in [0.25, 0.3) is 0 Å². The lowest BCUT2D eigenvalue weighted by Crippen LogP contribution is -2.48. The molecule has 134 valence electrons. The number of nitrogens with zero attached hydrogens (tertiary/aromatic N) is 2. The van der Waals surface area contributed by atoms with Crippen LogP contribution in [-0.2, 0) is 10.0 Å². The van der Waals surface area contributed by atoms with Gasteiger partial charge in [0.05, 0.1) is 22.7 Å². The van der Waals surface area contributed by atoms with Crippen molar-refractivity contribution in [2.24, 2.45) is 0 Å². The molecule has 1 saturated heterocycles. The van der Waals surface area contributed by atoms with Crippen LogP contribution in [0.4, 0.5) is 10.1 Å². The maximum absolute atomic E-state index is 13.9. The van der Waals surface area contributed by atoms with Gasteiger partial charge in [-0.1, -0.05) is 23.7 Å². The average molecular weight is 385 g/mol. The predicted molar refractivity (Wildman–Crippen MR) is 95.4 cm³/mol. The number of hydrogen-bond acceptors (Lipinski definition) is 4. The first-order valence-electron chi connectivity index (χ1n) is 7.76. The van der Waals surface area contributed by atoms with Gasteiger partial charge in [-0.2, -0.15) is 4.31 Å². The van der Waals surface area contributed by atoms with Gasteiger partial charge in [0, 0.05) is 26.2 Å². The second-order valence-corrected chi connectivity index (χ2v) is 7.98. The van der Waals surface area contributed by atoms with Crippen molar-refractivity contribution in [3.05, 3.63) is 53.3 Å². The lowest BCUT2D eigenvalue weighted by Gasteiger charge is -2.35. The quantitative estimate of drug-likeness (QED) is 0.813. The van der Waals surface area contributed by atoms with Crippen LogP contribution < -0.4 is 9.64 Å². The Kier molecular flexibility index (Phi) is 5.17. The Morgan fingerprint density at radius 1 is 1.08 bits per heavy atom. The zero-order chi connectivity index (χ0) is 18.0. The molecule has 0 N–H and O–H groups in total. The van der Waals surface area contributed by atoms with Gasteiger partial charge < -0.3 is 9.64 Å². The summed E-state index contributed by atoms with van der Waals surface area (Å²) in [6.07, 6.45) is 0. The molecular formula is C17H18ClFN2O3S. The highest BCUT2D eigenvalue weighted by atomic mass is 35.5. The minimum atomic E-state index is -3.65. The van der Waals surface area contributed by atoms with E-state index in [0.717, 1.165) is 0 Å². The van der Waals surface area contributed by atoms with Gasteiger partial charge in [0.1, 0.15) is 11.6 Å². The number of piperazine rings is 1. The van der Waals surface area contributed by atoms with Gasteiger partial charge >= 0.3 is 0 Å². The monoisotopic (exact) mass is 384 g/mol. The van der Waals surface area contributed by atoms with Crippen LogP contribution in [0.15, 0.2) is 47.4 Å². The molecule has 8 heteroatoms. The van der Waals surface area contributed by atoms with Gasteiger partial charge in [-0.25, -0.2) is 12.8 Å². The SMILES string of the molecule is COc1ccc(S(=O)(=O)N2CCN(c3ccccc3F)CC2)cc1Cl. The normalized spacial score (nSPS) is 16.0. The van der Waals surface area contributed by atoms with E-state index in [1.54, 1.807) is 18.2 Å². The number of rotatable bonds is 4. The summed E-state index contributed by atoms with van der Waals surface area (Å²) in [4.78, 5) is 1.97. The van der Waals surface area contributed by atoms with Crippen LogP contribution in [0.1, 0.15) is 0 Å². The predicted octanol–water partition coefficient (Wildman–Crippen LogP) is 3.00. The van der Waals surface area contributed by atoms with Crippen LogP contribution in [0, 0.1) is 5.82 Å². The van der Waals surface area contributed by atoms with Crippen molar-refractivity contribution in [1.29, 1.82) is 0 Å². The number of benzene rings is 2. The average Bonchev–Trinajstić information content (AvgIpc) is 2.62. The van der Waals surface area contributed by atoms with E-state index in [1.165, 1.54) is 35.7 Å². The first-order valence-corrected chi connectivity index (χ1v) is 9.58. The van der Waals surface area contributed by atoms with Crippen molar-refractivity contribution in [1.82, 2.24) is 4.31 Å². The molecule has 25 heavy (non-hydrogen) atoms. The number of methoxy groups -OCH3 is 1. The zero-order valence-electron chi connectivity index (χ0n) is 13.7.